The van der Waals surface area contributed by atoms with E-state index in [2.05, 4.69) is 6.92 Å². The number of ether oxygens (including phenoxy) is 1. The lowest BCUT2D eigenvalue weighted by Crippen LogP contribution is -2.42. The normalized spacial score (nSPS) is 19.3. The number of aryl methyl sites for hydroxylation is 1. The van der Waals surface area contributed by atoms with Crippen molar-refractivity contribution >= 4 is 23.2 Å². The third-order valence-electron chi connectivity index (χ3n) is 3.46. The van der Waals surface area contributed by atoms with E-state index in [1.807, 2.05) is 12.1 Å². The predicted molar refractivity (Wildman–Crippen MR) is 74.3 cm³/mol. The van der Waals surface area contributed by atoms with Crippen LogP contribution in [0, 0.1) is 5.92 Å². The van der Waals surface area contributed by atoms with Gasteiger partial charge in [0.2, 0.25) is 0 Å². The van der Waals surface area contributed by atoms with Crippen LogP contribution in [0.5, 0.6) is 0 Å². The third kappa shape index (κ3) is 3.15. The number of methoxy groups -OCH3 is 1. The molecule has 19 heavy (non-hydrogen) atoms. The van der Waals surface area contributed by atoms with Gasteiger partial charge in [-0.3, -0.25) is 9.59 Å². The van der Waals surface area contributed by atoms with E-state index in [1.165, 1.54) is 12.0 Å². The largest absolute Gasteiger partial charge is 0.469 e. The molecule has 0 saturated carbocycles. The van der Waals surface area contributed by atoms with Gasteiger partial charge in [0, 0.05) is 18.0 Å². The van der Waals surface area contributed by atoms with Gasteiger partial charge in [0.25, 0.3) is 5.91 Å². The maximum Gasteiger partial charge on any atom is 0.310 e. The van der Waals surface area contributed by atoms with Crippen LogP contribution in [0.1, 0.15) is 34.3 Å². The highest BCUT2D eigenvalue weighted by Gasteiger charge is 2.29. The number of carbonyl (C=O) groups is 2. The second-order valence-electron chi connectivity index (χ2n) is 4.73. The molecule has 1 aromatic rings. The first-order valence-electron chi connectivity index (χ1n) is 6.61. The average Bonchev–Trinajstić information content (AvgIpc) is 2.94. The zero-order valence-electron chi connectivity index (χ0n) is 11.3. The summed E-state index contributed by atoms with van der Waals surface area (Å²) in [5, 5.41) is 0. The standard InChI is InChI=1S/C14H19NO3S/c1-3-11-6-7-12(19-11)13(16)15-8-4-5-10(9-15)14(17)18-2/h6-7,10H,3-5,8-9H2,1-2H3/t10-/m0/s1. The van der Waals surface area contributed by atoms with Gasteiger partial charge >= 0.3 is 5.97 Å². The van der Waals surface area contributed by atoms with Crippen LogP contribution in [0.25, 0.3) is 0 Å². The maximum atomic E-state index is 12.4. The predicted octanol–water partition coefficient (Wildman–Crippen LogP) is 2.34. The quantitative estimate of drug-likeness (QED) is 0.799. The highest BCUT2D eigenvalue weighted by atomic mass is 32.1. The Balaban J connectivity index is 2.04. The molecule has 1 aromatic heterocycles. The van der Waals surface area contributed by atoms with Crippen molar-refractivity contribution in [3.8, 4) is 0 Å². The van der Waals surface area contributed by atoms with E-state index in [-0.39, 0.29) is 17.8 Å². The number of rotatable bonds is 3. The van der Waals surface area contributed by atoms with Crippen molar-refractivity contribution in [3.05, 3.63) is 21.9 Å². The smallest absolute Gasteiger partial charge is 0.310 e. The van der Waals surface area contributed by atoms with Crippen LogP contribution >= 0.6 is 11.3 Å². The van der Waals surface area contributed by atoms with Gasteiger partial charge in [0.15, 0.2) is 0 Å². The van der Waals surface area contributed by atoms with E-state index in [9.17, 15) is 9.59 Å². The Morgan fingerprint density at radius 3 is 2.89 bits per heavy atom. The molecule has 2 rings (SSSR count). The lowest BCUT2D eigenvalue weighted by atomic mass is 9.98. The Hall–Kier alpha value is -1.36. The van der Waals surface area contributed by atoms with Crippen LogP contribution < -0.4 is 0 Å². The summed E-state index contributed by atoms with van der Waals surface area (Å²) in [4.78, 5) is 27.7. The van der Waals surface area contributed by atoms with E-state index >= 15 is 0 Å². The minimum absolute atomic E-state index is 0.0401. The van der Waals surface area contributed by atoms with Crippen molar-refractivity contribution in [2.75, 3.05) is 20.2 Å². The van der Waals surface area contributed by atoms with Crippen molar-refractivity contribution < 1.29 is 14.3 Å². The fourth-order valence-corrected chi connectivity index (χ4v) is 3.27. The molecule has 104 valence electrons. The number of nitrogens with zero attached hydrogens (tertiary/aromatic N) is 1. The van der Waals surface area contributed by atoms with Crippen LogP contribution in [0.4, 0.5) is 0 Å². The minimum Gasteiger partial charge on any atom is -0.469 e. The summed E-state index contributed by atoms with van der Waals surface area (Å²) in [6, 6.07) is 3.88. The van der Waals surface area contributed by atoms with Crippen LogP contribution in [0.3, 0.4) is 0 Å². The molecule has 1 amide bonds. The van der Waals surface area contributed by atoms with Crippen molar-refractivity contribution in [2.24, 2.45) is 5.92 Å². The Morgan fingerprint density at radius 2 is 2.26 bits per heavy atom. The molecule has 0 bridgehead atoms. The van der Waals surface area contributed by atoms with Crippen LogP contribution in [-0.4, -0.2) is 37.0 Å². The zero-order chi connectivity index (χ0) is 13.8. The molecule has 1 aliphatic heterocycles. The Bertz CT molecular complexity index is 469. The van der Waals surface area contributed by atoms with Gasteiger partial charge in [-0.2, -0.15) is 0 Å². The Morgan fingerprint density at radius 1 is 1.47 bits per heavy atom. The first-order valence-corrected chi connectivity index (χ1v) is 7.43. The fraction of sp³-hybridized carbons (Fsp3) is 0.571. The molecule has 5 heteroatoms. The number of hydrogen-bond donors (Lipinski definition) is 0. The number of esters is 1. The van der Waals surface area contributed by atoms with Crippen molar-refractivity contribution in [3.63, 3.8) is 0 Å². The summed E-state index contributed by atoms with van der Waals surface area (Å²) in [7, 11) is 1.40. The van der Waals surface area contributed by atoms with Crippen LogP contribution in [-0.2, 0) is 16.0 Å². The molecule has 0 spiro atoms. The Labute approximate surface area is 117 Å². The highest BCUT2D eigenvalue weighted by molar-refractivity contribution is 7.14. The van der Waals surface area contributed by atoms with Gasteiger partial charge in [-0.25, -0.2) is 0 Å². The number of carbonyl (C=O) groups excluding carboxylic acids is 2. The third-order valence-corrected chi connectivity index (χ3v) is 4.68. The van der Waals surface area contributed by atoms with Gasteiger partial charge < -0.3 is 9.64 Å². The fourth-order valence-electron chi connectivity index (χ4n) is 2.36. The van der Waals surface area contributed by atoms with Crippen LogP contribution in [0.15, 0.2) is 12.1 Å². The van der Waals surface area contributed by atoms with Gasteiger partial charge in [0.1, 0.15) is 0 Å². The molecule has 1 saturated heterocycles. The number of hydrogen-bond acceptors (Lipinski definition) is 4. The first kappa shape index (κ1) is 14.1. The molecule has 4 nitrogen and oxygen atoms in total. The molecular weight excluding hydrogens is 262 g/mol. The highest BCUT2D eigenvalue weighted by Crippen LogP contribution is 2.23. The molecule has 2 heterocycles. The molecule has 1 fully saturated rings. The average molecular weight is 281 g/mol. The van der Waals surface area contributed by atoms with Crippen LogP contribution in [0.2, 0.25) is 0 Å². The van der Waals surface area contributed by atoms with Gasteiger partial charge in [0.05, 0.1) is 17.9 Å². The minimum atomic E-state index is -0.210. The molecule has 0 unspecified atom stereocenters. The second kappa shape index (κ2) is 6.19. The second-order valence-corrected chi connectivity index (χ2v) is 5.90. The van der Waals surface area contributed by atoms with E-state index in [1.54, 1.807) is 16.2 Å². The topological polar surface area (TPSA) is 46.6 Å². The SMILES string of the molecule is CCc1ccc(C(=O)N2CCC[C@H](C(=O)OC)C2)s1. The van der Waals surface area contributed by atoms with Crippen molar-refractivity contribution in [2.45, 2.75) is 26.2 Å². The lowest BCUT2D eigenvalue weighted by molar-refractivity contribution is -0.146. The molecule has 0 N–H and O–H groups in total. The number of piperidine rings is 1. The molecule has 0 radical (unpaired) electrons. The number of likely N-dealkylation sites (tertiary alicyclic amines) is 1. The first-order chi connectivity index (χ1) is 9.15. The van der Waals surface area contributed by atoms with E-state index < -0.39 is 0 Å². The van der Waals surface area contributed by atoms with Crippen molar-refractivity contribution in [1.82, 2.24) is 4.90 Å². The van der Waals surface area contributed by atoms with E-state index in [0.29, 0.717) is 6.54 Å². The van der Waals surface area contributed by atoms with Gasteiger partial charge in [-0.1, -0.05) is 6.92 Å². The zero-order valence-corrected chi connectivity index (χ0v) is 12.2. The molecule has 1 atom stereocenters. The van der Waals surface area contributed by atoms with Crippen molar-refractivity contribution in [1.29, 1.82) is 0 Å². The summed E-state index contributed by atoms with van der Waals surface area (Å²) < 4.78 is 4.77. The summed E-state index contributed by atoms with van der Waals surface area (Å²) in [5.74, 6) is -0.343. The Kier molecular flexibility index (Phi) is 4.58. The molecule has 0 aromatic carbocycles. The molecule has 1 aliphatic rings. The van der Waals surface area contributed by atoms with E-state index in [4.69, 9.17) is 4.74 Å². The summed E-state index contributed by atoms with van der Waals surface area (Å²) in [5.41, 5.74) is 0. The summed E-state index contributed by atoms with van der Waals surface area (Å²) >= 11 is 1.54. The summed E-state index contributed by atoms with van der Waals surface area (Å²) in [6.45, 7) is 3.28. The monoisotopic (exact) mass is 281 g/mol. The maximum absolute atomic E-state index is 12.4. The number of thiophene rings is 1. The lowest BCUT2D eigenvalue weighted by Gasteiger charge is -2.31. The number of amides is 1. The molecule has 0 aliphatic carbocycles. The summed E-state index contributed by atoms with van der Waals surface area (Å²) in [6.07, 6.45) is 2.61. The van der Waals surface area contributed by atoms with E-state index in [0.717, 1.165) is 30.7 Å². The van der Waals surface area contributed by atoms with Gasteiger partial charge in [-0.05, 0) is 31.4 Å². The molecular formula is C14H19NO3S. The van der Waals surface area contributed by atoms with Gasteiger partial charge in [-0.15, -0.1) is 11.3 Å².